The molecule has 0 heterocycles. The van der Waals surface area contributed by atoms with Crippen LogP contribution >= 0.6 is 27.5 Å². The number of rotatable bonds is 1. The predicted octanol–water partition coefficient (Wildman–Crippen LogP) is 4.60. The van der Waals surface area contributed by atoms with Crippen LogP contribution in [0.1, 0.15) is 30.7 Å². The summed E-state index contributed by atoms with van der Waals surface area (Å²) in [6, 6.07) is 2.66. The zero-order valence-corrected chi connectivity index (χ0v) is 10.3. The van der Waals surface area contributed by atoms with Crippen LogP contribution in [0.4, 0.5) is 8.78 Å². The Kier molecular flexibility index (Phi) is 3.31. The first-order valence-electron chi connectivity index (χ1n) is 4.88. The molecule has 82 valence electrons. The van der Waals surface area contributed by atoms with Gasteiger partial charge >= 0.3 is 0 Å². The maximum Gasteiger partial charge on any atom is 0.143 e. The fourth-order valence-electron chi connectivity index (χ4n) is 2.12. The van der Waals surface area contributed by atoms with Gasteiger partial charge in [0.2, 0.25) is 0 Å². The van der Waals surface area contributed by atoms with E-state index in [1.165, 1.54) is 12.1 Å². The van der Waals surface area contributed by atoms with Crippen LogP contribution in [0.3, 0.4) is 0 Å². The monoisotopic (exact) mass is 294 g/mol. The van der Waals surface area contributed by atoms with Crippen molar-refractivity contribution in [1.82, 2.24) is 0 Å². The molecule has 0 aromatic heterocycles. The molecule has 1 aliphatic rings. The maximum atomic E-state index is 13.7. The average Bonchev–Trinajstić information content (AvgIpc) is 2.60. The van der Waals surface area contributed by atoms with Gasteiger partial charge in [0, 0.05) is 16.9 Å². The average molecular weight is 296 g/mol. The maximum absolute atomic E-state index is 13.7. The third kappa shape index (κ3) is 2.04. The molecule has 1 fully saturated rings. The summed E-state index contributed by atoms with van der Waals surface area (Å²) in [6.45, 7) is 0. The van der Waals surface area contributed by atoms with Gasteiger partial charge in [-0.3, -0.25) is 0 Å². The molecule has 0 bridgehead atoms. The molecule has 0 N–H and O–H groups in total. The first kappa shape index (κ1) is 11.3. The zero-order chi connectivity index (χ0) is 11.0. The Morgan fingerprint density at radius 1 is 1.27 bits per heavy atom. The van der Waals surface area contributed by atoms with E-state index >= 15 is 0 Å². The summed E-state index contributed by atoms with van der Waals surface area (Å²) in [6.07, 6.45) is 2.53. The van der Waals surface area contributed by atoms with Crippen LogP contribution in [-0.4, -0.2) is 5.38 Å². The van der Waals surface area contributed by atoms with E-state index in [1.54, 1.807) is 0 Å². The molecule has 15 heavy (non-hydrogen) atoms. The van der Waals surface area contributed by atoms with Crippen molar-refractivity contribution in [3.63, 3.8) is 0 Å². The molecule has 1 aromatic rings. The van der Waals surface area contributed by atoms with Crippen LogP contribution in [0.5, 0.6) is 0 Å². The fraction of sp³-hybridized carbons (Fsp3) is 0.455. The number of benzene rings is 1. The molecular weight excluding hydrogens is 285 g/mol. The van der Waals surface area contributed by atoms with Crippen LogP contribution in [0.2, 0.25) is 0 Å². The van der Waals surface area contributed by atoms with Gasteiger partial charge in [0.05, 0.1) is 4.47 Å². The van der Waals surface area contributed by atoms with E-state index in [0.717, 1.165) is 19.3 Å². The van der Waals surface area contributed by atoms with Crippen LogP contribution < -0.4 is 0 Å². The fourth-order valence-corrected chi connectivity index (χ4v) is 2.87. The standard InChI is InChI=1S/C11H10BrClF2/c12-7-4-5-9(14)10(11(7)15)6-2-1-3-8(6)13/h4-6,8H,1-3H2. The minimum atomic E-state index is -0.507. The Balaban J connectivity index is 2.46. The lowest BCUT2D eigenvalue weighted by atomic mass is 9.96. The van der Waals surface area contributed by atoms with Crippen molar-refractivity contribution in [2.24, 2.45) is 0 Å². The van der Waals surface area contributed by atoms with Crippen LogP contribution in [0, 0.1) is 11.6 Å². The minimum absolute atomic E-state index is 0.141. The molecule has 0 radical (unpaired) electrons. The summed E-state index contributed by atoms with van der Waals surface area (Å²) in [5.74, 6) is -1.19. The molecule has 2 atom stereocenters. The second-order valence-electron chi connectivity index (χ2n) is 3.81. The number of hydrogen-bond acceptors (Lipinski definition) is 0. The van der Waals surface area contributed by atoms with E-state index in [0.29, 0.717) is 4.47 Å². The highest BCUT2D eigenvalue weighted by molar-refractivity contribution is 9.10. The van der Waals surface area contributed by atoms with Crippen molar-refractivity contribution in [2.45, 2.75) is 30.6 Å². The molecule has 0 amide bonds. The van der Waals surface area contributed by atoms with E-state index in [2.05, 4.69) is 15.9 Å². The Bertz CT molecular complexity index is 381. The molecule has 1 saturated carbocycles. The Morgan fingerprint density at radius 2 is 2.00 bits per heavy atom. The number of halogens is 4. The van der Waals surface area contributed by atoms with Gasteiger partial charge in [0.1, 0.15) is 11.6 Å². The lowest BCUT2D eigenvalue weighted by Gasteiger charge is -2.16. The summed E-state index contributed by atoms with van der Waals surface area (Å²) < 4.78 is 27.6. The predicted molar refractivity (Wildman–Crippen MR) is 60.3 cm³/mol. The summed E-state index contributed by atoms with van der Waals surface area (Å²) in [7, 11) is 0. The molecule has 1 aliphatic carbocycles. The Morgan fingerprint density at radius 3 is 2.60 bits per heavy atom. The quantitative estimate of drug-likeness (QED) is 0.524. The van der Waals surface area contributed by atoms with Gasteiger partial charge in [-0.25, -0.2) is 8.78 Å². The normalized spacial score (nSPS) is 25.9. The smallest absolute Gasteiger partial charge is 0.143 e. The third-order valence-corrected chi connectivity index (χ3v) is 4.02. The van der Waals surface area contributed by atoms with Gasteiger partial charge in [0.15, 0.2) is 0 Å². The van der Waals surface area contributed by atoms with E-state index < -0.39 is 11.6 Å². The molecule has 1 aromatic carbocycles. The van der Waals surface area contributed by atoms with E-state index in [9.17, 15) is 8.78 Å². The van der Waals surface area contributed by atoms with Gasteiger partial charge in [-0.05, 0) is 40.9 Å². The molecule has 2 unspecified atom stereocenters. The van der Waals surface area contributed by atoms with Gasteiger partial charge in [-0.2, -0.15) is 0 Å². The van der Waals surface area contributed by atoms with Crippen LogP contribution in [0.25, 0.3) is 0 Å². The van der Waals surface area contributed by atoms with Crippen molar-refractivity contribution in [3.05, 3.63) is 33.8 Å². The van der Waals surface area contributed by atoms with E-state index in [1.807, 2.05) is 0 Å². The van der Waals surface area contributed by atoms with Crippen LogP contribution in [0.15, 0.2) is 16.6 Å². The van der Waals surface area contributed by atoms with Crippen LogP contribution in [-0.2, 0) is 0 Å². The van der Waals surface area contributed by atoms with E-state index in [-0.39, 0.29) is 16.9 Å². The summed E-state index contributed by atoms with van der Waals surface area (Å²) in [5, 5.41) is -0.150. The zero-order valence-electron chi connectivity index (χ0n) is 7.94. The van der Waals surface area contributed by atoms with Gasteiger partial charge in [-0.15, -0.1) is 11.6 Å². The Hall–Kier alpha value is -0.150. The molecule has 2 rings (SSSR count). The summed E-state index contributed by atoms with van der Waals surface area (Å²) in [5.41, 5.74) is 0.141. The van der Waals surface area contributed by atoms with Crippen molar-refractivity contribution >= 4 is 27.5 Å². The Labute approximate surface area is 101 Å². The lowest BCUT2D eigenvalue weighted by Crippen LogP contribution is -2.10. The van der Waals surface area contributed by atoms with Crippen molar-refractivity contribution in [2.75, 3.05) is 0 Å². The van der Waals surface area contributed by atoms with Crippen molar-refractivity contribution in [1.29, 1.82) is 0 Å². The third-order valence-electron chi connectivity index (χ3n) is 2.88. The van der Waals surface area contributed by atoms with Crippen molar-refractivity contribution < 1.29 is 8.78 Å². The van der Waals surface area contributed by atoms with Crippen molar-refractivity contribution in [3.8, 4) is 0 Å². The second kappa shape index (κ2) is 4.38. The summed E-state index contributed by atoms with van der Waals surface area (Å²) >= 11 is 9.12. The number of hydrogen-bond donors (Lipinski definition) is 0. The van der Waals surface area contributed by atoms with Gasteiger partial charge < -0.3 is 0 Å². The molecule has 0 saturated heterocycles. The largest absolute Gasteiger partial charge is 0.207 e. The first-order valence-corrected chi connectivity index (χ1v) is 6.11. The SMILES string of the molecule is Fc1ccc(Br)c(F)c1C1CCCC1Cl. The minimum Gasteiger partial charge on any atom is -0.207 e. The molecule has 0 spiro atoms. The lowest BCUT2D eigenvalue weighted by molar-refractivity contribution is 0.522. The molecule has 0 aliphatic heterocycles. The molecule has 4 heteroatoms. The van der Waals surface area contributed by atoms with Gasteiger partial charge in [0.25, 0.3) is 0 Å². The number of alkyl halides is 1. The first-order chi connectivity index (χ1) is 7.11. The highest BCUT2D eigenvalue weighted by Gasteiger charge is 2.31. The highest BCUT2D eigenvalue weighted by Crippen LogP contribution is 2.41. The molecular formula is C11H10BrClF2. The molecule has 0 nitrogen and oxygen atoms in total. The van der Waals surface area contributed by atoms with Gasteiger partial charge in [-0.1, -0.05) is 6.42 Å². The van der Waals surface area contributed by atoms with E-state index in [4.69, 9.17) is 11.6 Å². The topological polar surface area (TPSA) is 0 Å². The highest BCUT2D eigenvalue weighted by atomic mass is 79.9. The second-order valence-corrected chi connectivity index (χ2v) is 5.23. The summed E-state index contributed by atoms with van der Waals surface area (Å²) in [4.78, 5) is 0.